The number of hydrogen-bond acceptors (Lipinski definition) is 2. The molecule has 1 saturated heterocycles. The van der Waals surface area contributed by atoms with Crippen LogP contribution in [0.4, 0.5) is 0 Å². The summed E-state index contributed by atoms with van der Waals surface area (Å²) >= 11 is 0. The molecule has 2 nitrogen and oxygen atoms in total. The van der Waals surface area contributed by atoms with E-state index < -0.39 is 9.84 Å². The summed E-state index contributed by atoms with van der Waals surface area (Å²) in [5.74, 6) is 1.29. The second-order valence-electron chi connectivity index (χ2n) is 4.41. The summed E-state index contributed by atoms with van der Waals surface area (Å²) in [5, 5.41) is 0. The highest BCUT2D eigenvalue weighted by molar-refractivity contribution is 8.61. The SMILES string of the molecule is CCCCC1CS(=O)(=O)CCC1P(P)PP. The highest BCUT2D eigenvalue weighted by Crippen LogP contribution is 2.71. The third-order valence-electron chi connectivity index (χ3n) is 3.17. The molecule has 0 N–H and O–H groups in total. The lowest BCUT2D eigenvalue weighted by Crippen LogP contribution is -2.34. The molecule has 6 unspecified atom stereocenters. The third kappa shape index (κ3) is 4.74. The molecule has 0 bridgehead atoms. The van der Waals surface area contributed by atoms with E-state index in [4.69, 9.17) is 0 Å². The molecule has 7 heteroatoms. The van der Waals surface area contributed by atoms with Crippen molar-refractivity contribution in [2.45, 2.75) is 38.3 Å². The van der Waals surface area contributed by atoms with Crippen LogP contribution in [0.3, 0.4) is 0 Å². The first kappa shape index (κ1) is 15.7. The van der Waals surface area contributed by atoms with Gasteiger partial charge in [0.1, 0.15) is 0 Å². The molecule has 0 radical (unpaired) electrons. The molecule has 0 aliphatic carbocycles. The van der Waals surface area contributed by atoms with Crippen molar-refractivity contribution in [2.24, 2.45) is 5.92 Å². The monoisotopic (exact) mass is 318 g/mol. The molecule has 0 saturated carbocycles. The second-order valence-corrected chi connectivity index (χ2v) is 16.2. The van der Waals surface area contributed by atoms with E-state index in [1.54, 1.807) is 0 Å². The van der Waals surface area contributed by atoms with Crippen LogP contribution in [-0.2, 0) is 9.84 Å². The topological polar surface area (TPSA) is 34.1 Å². The summed E-state index contributed by atoms with van der Waals surface area (Å²) in [6.07, 6.45) is 4.34. The lowest BCUT2D eigenvalue weighted by Gasteiger charge is -2.35. The molecule has 0 aromatic carbocycles. The molecule has 1 fully saturated rings. The summed E-state index contributed by atoms with van der Waals surface area (Å²) < 4.78 is 23.4. The van der Waals surface area contributed by atoms with Gasteiger partial charge in [0.05, 0.1) is 11.5 Å². The molecule has 0 amide bonds. The van der Waals surface area contributed by atoms with Crippen molar-refractivity contribution in [3.05, 3.63) is 0 Å². The fraction of sp³-hybridized carbons (Fsp3) is 1.00. The number of hydrogen-bond donors (Lipinski definition) is 0. The Balaban J connectivity index is 2.67. The largest absolute Gasteiger partial charge is 0.229 e. The zero-order valence-corrected chi connectivity index (χ0v) is 14.7. The molecule has 96 valence electrons. The van der Waals surface area contributed by atoms with Crippen molar-refractivity contribution >= 4 is 43.0 Å². The number of rotatable bonds is 5. The van der Waals surface area contributed by atoms with Crippen LogP contribution in [0.2, 0.25) is 0 Å². The fourth-order valence-electron chi connectivity index (χ4n) is 2.26. The molecule has 0 spiro atoms. The lowest BCUT2D eigenvalue weighted by atomic mass is 9.98. The molecule has 1 heterocycles. The zero-order valence-electron chi connectivity index (χ0n) is 9.72. The van der Waals surface area contributed by atoms with Crippen molar-refractivity contribution in [2.75, 3.05) is 11.5 Å². The summed E-state index contributed by atoms with van der Waals surface area (Å²) in [6, 6.07) is 0. The predicted molar refractivity (Wildman–Crippen MR) is 84.7 cm³/mol. The van der Waals surface area contributed by atoms with Crippen LogP contribution in [-0.4, -0.2) is 25.6 Å². The number of unbranched alkanes of at least 4 members (excludes halogenated alkanes) is 1. The Morgan fingerprint density at radius 1 is 1.50 bits per heavy atom. The maximum atomic E-state index is 11.7. The van der Waals surface area contributed by atoms with Gasteiger partial charge in [-0.15, -0.1) is 17.9 Å². The van der Waals surface area contributed by atoms with E-state index in [1.165, 1.54) is 12.8 Å². The molecule has 1 rings (SSSR count). The smallest absolute Gasteiger partial charge is 0.150 e. The first-order valence-corrected chi connectivity index (χ1v) is 14.2. The van der Waals surface area contributed by atoms with Crippen molar-refractivity contribution in [3.63, 3.8) is 0 Å². The number of sulfone groups is 1. The molecule has 16 heavy (non-hydrogen) atoms. The van der Waals surface area contributed by atoms with Crippen molar-refractivity contribution in [1.29, 1.82) is 0 Å². The first-order valence-electron chi connectivity index (χ1n) is 5.70. The third-order valence-corrected chi connectivity index (χ3v) is 16.4. The minimum absolute atomic E-state index is 0.0509. The highest BCUT2D eigenvalue weighted by Gasteiger charge is 2.35. The molecule has 6 atom stereocenters. The van der Waals surface area contributed by atoms with Crippen LogP contribution >= 0.6 is 33.1 Å². The fourth-order valence-corrected chi connectivity index (χ4v) is 10.2. The van der Waals surface area contributed by atoms with Crippen LogP contribution < -0.4 is 0 Å². The van der Waals surface area contributed by atoms with E-state index >= 15 is 0 Å². The maximum Gasteiger partial charge on any atom is 0.150 e. The Kier molecular flexibility index (Phi) is 7.18. The van der Waals surface area contributed by atoms with Crippen LogP contribution in [0.15, 0.2) is 0 Å². The van der Waals surface area contributed by atoms with Gasteiger partial charge in [-0.2, -0.15) is 0 Å². The molecule has 1 aliphatic rings. The second kappa shape index (κ2) is 7.31. The average molecular weight is 318 g/mol. The summed E-state index contributed by atoms with van der Waals surface area (Å²) in [4.78, 5) is 0. The molecular weight excluding hydrogens is 296 g/mol. The van der Waals surface area contributed by atoms with Crippen LogP contribution in [0.5, 0.6) is 0 Å². The highest BCUT2D eigenvalue weighted by atomic mass is 32.6. The first-order chi connectivity index (χ1) is 7.50. The molecule has 1 aliphatic heterocycles. The Morgan fingerprint density at radius 2 is 2.19 bits per heavy atom. The lowest BCUT2D eigenvalue weighted by molar-refractivity contribution is 0.453. The zero-order chi connectivity index (χ0) is 12.2. The minimum atomic E-state index is -2.74. The van der Waals surface area contributed by atoms with Gasteiger partial charge in [0, 0.05) is 0 Å². The van der Waals surface area contributed by atoms with Crippen molar-refractivity contribution in [1.82, 2.24) is 0 Å². The predicted octanol–water partition coefficient (Wildman–Crippen LogP) is 3.64. The van der Waals surface area contributed by atoms with Crippen molar-refractivity contribution in [3.8, 4) is 0 Å². The summed E-state index contributed by atoms with van der Waals surface area (Å²) in [7, 11) is 3.90. The van der Waals surface area contributed by atoms with E-state index in [0.29, 0.717) is 23.1 Å². The van der Waals surface area contributed by atoms with E-state index in [2.05, 4.69) is 24.8 Å². The minimum Gasteiger partial charge on any atom is -0.229 e. The van der Waals surface area contributed by atoms with Gasteiger partial charge in [-0.1, -0.05) is 35.0 Å². The Morgan fingerprint density at radius 3 is 2.75 bits per heavy atom. The molecule has 0 aromatic rings. The van der Waals surface area contributed by atoms with Gasteiger partial charge in [-0.3, -0.25) is 0 Å². The summed E-state index contributed by atoms with van der Waals surface area (Å²) in [5.41, 5.74) is 0.658. The van der Waals surface area contributed by atoms with Gasteiger partial charge in [-0.25, -0.2) is 8.42 Å². The quantitative estimate of drug-likeness (QED) is 0.725. The Bertz CT molecular complexity index is 307. The van der Waals surface area contributed by atoms with Gasteiger partial charge in [0.15, 0.2) is 9.84 Å². The maximum absolute atomic E-state index is 11.7. The normalized spacial score (nSPS) is 31.9. The van der Waals surface area contributed by atoms with Gasteiger partial charge in [0.2, 0.25) is 0 Å². The van der Waals surface area contributed by atoms with Gasteiger partial charge >= 0.3 is 0 Å². The van der Waals surface area contributed by atoms with Gasteiger partial charge in [0.25, 0.3) is 0 Å². The Labute approximate surface area is 107 Å². The standard InChI is InChI=1S/C9H22O2P4S/c1-2-3-4-8-7-16(10,11)6-5-9(8)15(13)14-12/h8-9,14H,2-7,12-13H2,1H3. The average Bonchev–Trinajstić information content (AvgIpc) is 2.24. The molecule has 0 aromatic heterocycles. The van der Waals surface area contributed by atoms with E-state index in [-0.39, 0.29) is 7.30 Å². The van der Waals surface area contributed by atoms with E-state index in [9.17, 15) is 8.42 Å². The van der Waals surface area contributed by atoms with E-state index in [1.807, 2.05) is 0 Å². The summed E-state index contributed by atoms with van der Waals surface area (Å²) in [6.45, 7) is 2.17. The van der Waals surface area contributed by atoms with Crippen LogP contribution in [0.25, 0.3) is 0 Å². The van der Waals surface area contributed by atoms with Crippen LogP contribution in [0.1, 0.15) is 32.6 Å². The van der Waals surface area contributed by atoms with Gasteiger partial charge < -0.3 is 0 Å². The Hall–Kier alpha value is 1.67. The van der Waals surface area contributed by atoms with Crippen molar-refractivity contribution < 1.29 is 8.42 Å². The molecular formula is C9H22O2P4S. The van der Waals surface area contributed by atoms with E-state index in [0.717, 1.165) is 20.8 Å². The van der Waals surface area contributed by atoms with Crippen LogP contribution in [0, 0.1) is 5.92 Å². The van der Waals surface area contributed by atoms with Gasteiger partial charge in [-0.05, 0) is 24.4 Å².